The van der Waals surface area contributed by atoms with Gasteiger partial charge in [-0.2, -0.15) is 26.3 Å². The Morgan fingerprint density at radius 1 is 0.902 bits per heavy atom. The number of ether oxygens (including phenoxy) is 1. The van der Waals surface area contributed by atoms with Gasteiger partial charge < -0.3 is 9.84 Å². The van der Waals surface area contributed by atoms with Crippen molar-refractivity contribution in [3.05, 3.63) is 113 Å². The molecule has 2 fully saturated rings. The monoisotopic (exact) mass is 706 g/mol. The number of halogens is 6. The van der Waals surface area contributed by atoms with Crippen molar-refractivity contribution < 1.29 is 45.8 Å². The molecule has 1 aromatic heterocycles. The van der Waals surface area contributed by atoms with Crippen LogP contribution in [-0.2, 0) is 26.7 Å². The second kappa shape index (κ2) is 13.0. The molecule has 6 nitrogen and oxygen atoms in total. The smallest absolute Gasteiger partial charge is 0.416 e. The van der Waals surface area contributed by atoms with Crippen LogP contribution in [0, 0.1) is 17.8 Å². The highest BCUT2D eigenvalue weighted by Crippen LogP contribution is 2.52. The molecule has 0 saturated carbocycles. The highest BCUT2D eigenvalue weighted by molar-refractivity contribution is 6.22. The lowest BCUT2D eigenvalue weighted by molar-refractivity contribution is -0.143. The summed E-state index contributed by atoms with van der Waals surface area (Å²) in [5.74, 6) is -3.94. The Kier molecular flexibility index (Phi) is 8.77. The van der Waals surface area contributed by atoms with Gasteiger partial charge in [0.05, 0.1) is 47.1 Å². The van der Waals surface area contributed by atoms with Crippen molar-refractivity contribution in [2.45, 2.75) is 51.1 Å². The number of carbonyl (C=O) groups is 2. The van der Waals surface area contributed by atoms with Crippen LogP contribution in [0.2, 0.25) is 0 Å². The van der Waals surface area contributed by atoms with E-state index in [9.17, 15) is 41.0 Å². The number of rotatable bonds is 7. The topological polar surface area (TPSA) is 79.7 Å². The van der Waals surface area contributed by atoms with Crippen LogP contribution in [0.15, 0.2) is 90.1 Å². The van der Waals surface area contributed by atoms with Crippen LogP contribution in [0.3, 0.4) is 0 Å². The number of aromatic hydroxyl groups is 1. The van der Waals surface area contributed by atoms with Gasteiger partial charge in [-0.15, -0.1) is 0 Å². The zero-order valence-corrected chi connectivity index (χ0v) is 27.3. The van der Waals surface area contributed by atoms with Gasteiger partial charge >= 0.3 is 12.4 Å². The molecular formula is C39H32F6N2O4. The molecule has 1 N–H and O–H groups in total. The molecule has 2 saturated heterocycles. The van der Waals surface area contributed by atoms with E-state index in [1.54, 1.807) is 12.3 Å². The van der Waals surface area contributed by atoms with E-state index in [2.05, 4.69) is 4.98 Å². The van der Waals surface area contributed by atoms with Gasteiger partial charge in [0.25, 0.3) is 0 Å². The van der Waals surface area contributed by atoms with Crippen LogP contribution >= 0.6 is 0 Å². The molecule has 0 bridgehead atoms. The fraction of sp³-hybridized carbons (Fsp3) is 0.308. The van der Waals surface area contributed by atoms with Gasteiger partial charge in [-0.05, 0) is 90.3 Å². The van der Waals surface area contributed by atoms with E-state index in [0.29, 0.717) is 41.7 Å². The molecule has 3 aliphatic rings. The molecule has 7 rings (SSSR count). The number of alkyl halides is 6. The molecule has 51 heavy (non-hydrogen) atoms. The standard InChI is InChI=1S/C39H32F6N2O4/c1-2-21-16-29-35(37(50)47(36(29)49)26-18-24(38(40,41)42)17-25(19-26)39(43,44)45)30-20-51-33(34(21)30)13-11-23(31-9-5-6-14-46-31)15-22-10-12-32(48)28-8-4-3-7-27(22)28/h3-10,12,14-15,17-19,29-30,33,35,48H,2,11,13,16,20H2,1H3/b23-15-/t29-,30+,33-,35-/m1/s1. The minimum absolute atomic E-state index is 0.0242. The predicted octanol–water partition coefficient (Wildman–Crippen LogP) is 9.23. The van der Waals surface area contributed by atoms with Gasteiger partial charge in [-0.1, -0.05) is 48.9 Å². The first-order chi connectivity index (χ1) is 24.3. The number of phenolic OH excluding ortho intramolecular Hbond substituents is 1. The lowest BCUT2D eigenvalue weighted by Gasteiger charge is -2.31. The number of aromatic nitrogens is 1. The van der Waals surface area contributed by atoms with E-state index in [-0.39, 0.29) is 24.8 Å². The zero-order chi connectivity index (χ0) is 36.2. The Balaban J connectivity index is 1.19. The molecule has 4 atom stereocenters. The molecule has 4 aromatic rings. The first-order valence-corrected chi connectivity index (χ1v) is 16.6. The molecule has 264 valence electrons. The lowest BCUT2D eigenvalue weighted by Crippen LogP contribution is -2.34. The van der Waals surface area contributed by atoms with Crippen LogP contribution in [0.4, 0.5) is 32.0 Å². The van der Waals surface area contributed by atoms with Gasteiger partial charge in [0, 0.05) is 17.5 Å². The summed E-state index contributed by atoms with van der Waals surface area (Å²) in [5.41, 5.74) is 0.342. The SMILES string of the molecule is CCC1=C2[C@@H](CC/C(=C/c3ccc(O)c4ccccc34)c3ccccn3)OC[C@@H]2[C@@H]2C(=O)N(c3cc(C(F)(F)F)cc(C(F)(F)F)c3)C(=O)[C@@H]2C1. The van der Waals surface area contributed by atoms with Crippen LogP contribution in [-0.4, -0.2) is 34.6 Å². The summed E-state index contributed by atoms with van der Waals surface area (Å²) in [6, 6.07) is 17.4. The predicted molar refractivity (Wildman–Crippen MR) is 178 cm³/mol. The van der Waals surface area contributed by atoms with E-state index in [1.165, 1.54) is 0 Å². The summed E-state index contributed by atoms with van der Waals surface area (Å²) in [7, 11) is 0. The van der Waals surface area contributed by atoms with Gasteiger partial charge in [-0.25, -0.2) is 4.90 Å². The van der Waals surface area contributed by atoms with Crippen molar-refractivity contribution in [1.82, 2.24) is 4.98 Å². The maximum absolute atomic E-state index is 13.9. The van der Waals surface area contributed by atoms with Crippen molar-refractivity contribution >= 4 is 39.9 Å². The lowest BCUT2D eigenvalue weighted by atomic mass is 9.69. The second-order valence-corrected chi connectivity index (χ2v) is 13.1. The van der Waals surface area contributed by atoms with Crippen LogP contribution in [0.25, 0.3) is 22.4 Å². The number of hydrogen-bond acceptors (Lipinski definition) is 5. The number of anilines is 1. The summed E-state index contributed by atoms with van der Waals surface area (Å²) in [6.07, 6.45) is -5.33. The molecule has 3 heterocycles. The number of nitrogens with zero attached hydrogens (tertiary/aromatic N) is 2. The Morgan fingerprint density at radius 2 is 1.59 bits per heavy atom. The van der Waals surface area contributed by atoms with Crippen LogP contribution in [0.1, 0.15) is 55.0 Å². The largest absolute Gasteiger partial charge is 0.507 e. The molecule has 0 spiro atoms. The van der Waals surface area contributed by atoms with E-state index < -0.39 is 64.8 Å². The van der Waals surface area contributed by atoms with Crippen LogP contribution in [0.5, 0.6) is 5.75 Å². The first-order valence-electron chi connectivity index (χ1n) is 16.6. The number of amides is 2. The number of carbonyl (C=O) groups excluding carboxylic acids is 2. The Hall–Kier alpha value is -4.97. The maximum Gasteiger partial charge on any atom is 0.416 e. The number of imide groups is 1. The third-order valence-corrected chi connectivity index (χ3v) is 10.2. The van der Waals surface area contributed by atoms with Crippen molar-refractivity contribution in [3.63, 3.8) is 0 Å². The average molecular weight is 707 g/mol. The normalized spacial score (nSPS) is 22.6. The highest BCUT2D eigenvalue weighted by Gasteiger charge is 2.57. The molecular weight excluding hydrogens is 674 g/mol. The Bertz CT molecular complexity index is 2060. The van der Waals surface area contributed by atoms with Crippen LogP contribution < -0.4 is 4.90 Å². The molecule has 1 aliphatic carbocycles. The molecule has 2 amide bonds. The zero-order valence-electron chi connectivity index (χ0n) is 27.3. The number of pyridine rings is 1. The molecule has 2 aliphatic heterocycles. The number of benzene rings is 3. The Labute approximate surface area is 289 Å². The number of fused-ring (bicyclic) bond motifs is 4. The minimum atomic E-state index is -5.14. The van der Waals surface area contributed by atoms with E-state index >= 15 is 0 Å². The average Bonchev–Trinajstić information content (AvgIpc) is 3.64. The van der Waals surface area contributed by atoms with E-state index in [0.717, 1.165) is 33.4 Å². The van der Waals surface area contributed by atoms with Gasteiger partial charge in [0.2, 0.25) is 11.8 Å². The minimum Gasteiger partial charge on any atom is -0.507 e. The highest BCUT2D eigenvalue weighted by atomic mass is 19.4. The Morgan fingerprint density at radius 3 is 2.24 bits per heavy atom. The molecule has 3 aromatic carbocycles. The summed E-state index contributed by atoms with van der Waals surface area (Å²) in [6.45, 7) is 1.99. The van der Waals surface area contributed by atoms with Gasteiger partial charge in [-0.3, -0.25) is 14.6 Å². The van der Waals surface area contributed by atoms with Crippen molar-refractivity contribution in [1.29, 1.82) is 0 Å². The van der Waals surface area contributed by atoms with Crippen molar-refractivity contribution in [2.75, 3.05) is 11.5 Å². The fourth-order valence-electron chi connectivity index (χ4n) is 7.87. The third kappa shape index (κ3) is 6.30. The van der Waals surface area contributed by atoms with Gasteiger partial charge in [0.1, 0.15) is 5.75 Å². The fourth-order valence-corrected chi connectivity index (χ4v) is 7.87. The third-order valence-electron chi connectivity index (χ3n) is 10.2. The molecule has 12 heteroatoms. The van der Waals surface area contributed by atoms with E-state index in [1.807, 2.05) is 61.5 Å². The van der Waals surface area contributed by atoms with Crippen molar-refractivity contribution in [3.8, 4) is 5.75 Å². The van der Waals surface area contributed by atoms with E-state index in [4.69, 9.17) is 4.74 Å². The molecule has 0 unspecified atom stereocenters. The quantitative estimate of drug-likeness (QED) is 0.118. The second-order valence-electron chi connectivity index (χ2n) is 13.1. The number of hydrogen-bond donors (Lipinski definition) is 1. The summed E-state index contributed by atoms with van der Waals surface area (Å²) in [5, 5.41) is 12.0. The maximum atomic E-state index is 13.9. The molecule has 0 radical (unpaired) electrons. The summed E-state index contributed by atoms with van der Waals surface area (Å²) in [4.78, 5) is 32.7. The summed E-state index contributed by atoms with van der Waals surface area (Å²) >= 11 is 0. The number of allylic oxidation sites excluding steroid dienone is 2. The van der Waals surface area contributed by atoms with Crippen molar-refractivity contribution in [2.24, 2.45) is 17.8 Å². The number of phenols is 1. The summed E-state index contributed by atoms with van der Waals surface area (Å²) < 4.78 is 88.4. The van der Waals surface area contributed by atoms with Gasteiger partial charge in [0.15, 0.2) is 0 Å². The first kappa shape index (κ1) is 34.5.